The van der Waals surface area contributed by atoms with Crippen molar-refractivity contribution in [2.75, 3.05) is 0 Å². The molecule has 0 bridgehead atoms. The van der Waals surface area contributed by atoms with Gasteiger partial charge >= 0.3 is 6.18 Å². The van der Waals surface area contributed by atoms with Crippen LogP contribution in [0.25, 0.3) is 0 Å². The number of nitrogens with two attached hydrogens (primary N) is 1. The van der Waals surface area contributed by atoms with Gasteiger partial charge in [0.2, 0.25) is 0 Å². The topological polar surface area (TPSA) is 69.2 Å². The number of rotatable bonds is 4. The molecule has 0 radical (unpaired) electrons. The van der Waals surface area contributed by atoms with Crippen molar-refractivity contribution >= 4 is 5.69 Å². The molecule has 0 saturated heterocycles. The van der Waals surface area contributed by atoms with Crippen LogP contribution in [0.1, 0.15) is 24.0 Å². The number of nitro benzene ring substituents is 1. The van der Waals surface area contributed by atoms with Crippen LogP contribution in [0.2, 0.25) is 0 Å². The summed E-state index contributed by atoms with van der Waals surface area (Å²) in [5, 5.41) is 10.6. The molecule has 0 aliphatic heterocycles. The lowest BCUT2D eigenvalue weighted by Crippen LogP contribution is -2.25. The fourth-order valence-corrected chi connectivity index (χ4v) is 2.06. The van der Waals surface area contributed by atoms with E-state index in [0.717, 1.165) is 25.0 Å². The minimum atomic E-state index is -4.73. The highest BCUT2D eigenvalue weighted by Gasteiger charge is 2.38. The predicted molar refractivity (Wildman–Crippen MR) is 62.5 cm³/mol. The maximum absolute atomic E-state index is 12.8. The summed E-state index contributed by atoms with van der Waals surface area (Å²) in [6.07, 6.45) is -2.42. The molecule has 7 heteroatoms. The van der Waals surface area contributed by atoms with Crippen molar-refractivity contribution in [1.82, 2.24) is 0 Å². The quantitative estimate of drug-likeness (QED) is 0.678. The van der Waals surface area contributed by atoms with Gasteiger partial charge in [-0.15, -0.1) is 0 Å². The van der Waals surface area contributed by atoms with Gasteiger partial charge in [0.15, 0.2) is 0 Å². The molecule has 1 unspecified atom stereocenters. The van der Waals surface area contributed by atoms with Crippen LogP contribution in [0.5, 0.6) is 0 Å². The van der Waals surface area contributed by atoms with Gasteiger partial charge in [0.1, 0.15) is 5.56 Å². The van der Waals surface area contributed by atoms with Crippen molar-refractivity contribution in [3.8, 4) is 0 Å². The van der Waals surface area contributed by atoms with Gasteiger partial charge in [-0.3, -0.25) is 10.1 Å². The lowest BCUT2D eigenvalue weighted by Gasteiger charge is -2.13. The summed E-state index contributed by atoms with van der Waals surface area (Å²) >= 11 is 0. The van der Waals surface area contributed by atoms with E-state index in [1.807, 2.05) is 0 Å². The third-order valence-electron chi connectivity index (χ3n) is 3.26. The number of benzene rings is 1. The standard InChI is InChI=1S/C12H13F3N2O2/c13-12(14,15)9-5-7(1-4-11(9)17(18)19)6-10(16)8-2-3-8/h1,4-5,8,10H,2-3,6,16H2. The Kier molecular flexibility index (Phi) is 3.49. The lowest BCUT2D eigenvalue weighted by molar-refractivity contribution is -0.388. The zero-order valence-corrected chi connectivity index (χ0v) is 9.98. The third kappa shape index (κ3) is 3.23. The molecule has 0 amide bonds. The summed E-state index contributed by atoms with van der Waals surface area (Å²) in [6, 6.07) is 2.90. The van der Waals surface area contributed by atoms with E-state index in [2.05, 4.69) is 0 Å². The molecule has 0 heterocycles. The Hall–Kier alpha value is -1.63. The highest BCUT2D eigenvalue weighted by Crippen LogP contribution is 2.38. The summed E-state index contributed by atoms with van der Waals surface area (Å²) < 4.78 is 38.3. The maximum Gasteiger partial charge on any atom is 0.423 e. The van der Waals surface area contributed by atoms with Crippen LogP contribution in [0.4, 0.5) is 18.9 Å². The molecule has 4 nitrogen and oxygen atoms in total. The van der Waals surface area contributed by atoms with Gasteiger partial charge in [-0.2, -0.15) is 13.2 Å². The molecule has 0 aromatic heterocycles. The summed E-state index contributed by atoms with van der Waals surface area (Å²) in [4.78, 5) is 9.58. The predicted octanol–water partition coefficient (Wildman–Crippen LogP) is 2.89. The van der Waals surface area contributed by atoms with Crippen LogP contribution in [0.15, 0.2) is 18.2 Å². The first-order valence-corrected chi connectivity index (χ1v) is 5.89. The molecule has 1 aliphatic carbocycles. The number of hydrogen-bond donors (Lipinski definition) is 1. The summed E-state index contributed by atoms with van der Waals surface area (Å²) in [6.45, 7) is 0. The first kappa shape index (κ1) is 13.8. The van der Waals surface area contributed by atoms with Crippen LogP contribution in [0.3, 0.4) is 0 Å². The number of nitro groups is 1. The third-order valence-corrected chi connectivity index (χ3v) is 3.26. The molecule has 19 heavy (non-hydrogen) atoms. The van der Waals surface area contributed by atoms with E-state index in [9.17, 15) is 23.3 Å². The van der Waals surface area contributed by atoms with Gasteiger partial charge in [0.05, 0.1) is 4.92 Å². The smallest absolute Gasteiger partial charge is 0.327 e. The Morgan fingerprint density at radius 3 is 2.53 bits per heavy atom. The average Bonchev–Trinajstić information content (AvgIpc) is 3.11. The highest BCUT2D eigenvalue weighted by atomic mass is 19.4. The highest BCUT2D eigenvalue weighted by molar-refractivity contribution is 5.45. The first-order valence-electron chi connectivity index (χ1n) is 5.89. The molecular weight excluding hydrogens is 261 g/mol. The van der Waals surface area contributed by atoms with E-state index in [1.54, 1.807) is 0 Å². The lowest BCUT2D eigenvalue weighted by atomic mass is 10.00. The molecule has 0 spiro atoms. The molecule has 2 rings (SSSR count). The second kappa shape index (κ2) is 4.80. The normalized spacial score (nSPS) is 17.3. The Morgan fingerprint density at radius 1 is 1.42 bits per heavy atom. The van der Waals surface area contributed by atoms with Crippen molar-refractivity contribution < 1.29 is 18.1 Å². The number of alkyl halides is 3. The largest absolute Gasteiger partial charge is 0.423 e. The van der Waals surface area contributed by atoms with Gasteiger partial charge in [-0.05, 0) is 36.8 Å². The first-order chi connectivity index (χ1) is 8.79. The van der Waals surface area contributed by atoms with Gasteiger partial charge in [0.25, 0.3) is 5.69 Å². The van der Waals surface area contributed by atoms with Crippen molar-refractivity contribution in [1.29, 1.82) is 0 Å². The van der Waals surface area contributed by atoms with E-state index >= 15 is 0 Å². The maximum atomic E-state index is 12.8. The molecule has 1 aliphatic rings. The zero-order chi connectivity index (χ0) is 14.2. The minimum Gasteiger partial charge on any atom is -0.327 e. The number of nitrogens with zero attached hydrogens (tertiary/aromatic N) is 1. The van der Waals surface area contributed by atoms with E-state index in [1.165, 1.54) is 6.07 Å². The second-order valence-electron chi connectivity index (χ2n) is 4.81. The van der Waals surface area contributed by atoms with Gasteiger partial charge < -0.3 is 5.73 Å². The zero-order valence-electron chi connectivity index (χ0n) is 9.98. The van der Waals surface area contributed by atoms with E-state index in [0.29, 0.717) is 17.9 Å². The molecule has 1 saturated carbocycles. The molecule has 104 valence electrons. The summed E-state index contributed by atoms with van der Waals surface area (Å²) in [5.41, 5.74) is 4.11. The van der Waals surface area contributed by atoms with Crippen molar-refractivity contribution in [3.63, 3.8) is 0 Å². The monoisotopic (exact) mass is 274 g/mol. The minimum absolute atomic E-state index is 0.178. The van der Waals surface area contributed by atoms with E-state index in [4.69, 9.17) is 5.73 Å². The second-order valence-corrected chi connectivity index (χ2v) is 4.81. The molecule has 1 aromatic rings. The number of hydrogen-bond acceptors (Lipinski definition) is 3. The van der Waals surface area contributed by atoms with Crippen molar-refractivity contribution in [2.24, 2.45) is 11.7 Å². The Labute approximate surface area is 107 Å². The fourth-order valence-electron chi connectivity index (χ4n) is 2.06. The Balaban J connectivity index is 2.29. The van der Waals surface area contributed by atoms with Crippen LogP contribution in [-0.2, 0) is 12.6 Å². The van der Waals surface area contributed by atoms with E-state index in [-0.39, 0.29) is 6.04 Å². The summed E-state index contributed by atoms with van der Waals surface area (Å²) in [5.74, 6) is 0.365. The Bertz CT molecular complexity index is 498. The average molecular weight is 274 g/mol. The molecule has 2 N–H and O–H groups in total. The van der Waals surface area contributed by atoms with Crippen LogP contribution >= 0.6 is 0 Å². The van der Waals surface area contributed by atoms with Gasteiger partial charge in [-0.1, -0.05) is 6.07 Å². The fraction of sp³-hybridized carbons (Fsp3) is 0.500. The summed E-state index contributed by atoms with van der Waals surface area (Å²) in [7, 11) is 0. The molecule has 1 atom stereocenters. The molecule has 1 aromatic carbocycles. The Morgan fingerprint density at radius 2 is 2.05 bits per heavy atom. The van der Waals surface area contributed by atoms with Gasteiger partial charge in [-0.25, -0.2) is 0 Å². The van der Waals surface area contributed by atoms with Crippen LogP contribution < -0.4 is 5.73 Å². The van der Waals surface area contributed by atoms with Crippen LogP contribution in [0, 0.1) is 16.0 Å². The molecular formula is C12H13F3N2O2. The van der Waals surface area contributed by atoms with E-state index < -0.39 is 22.4 Å². The van der Waals surface area contributed by atoms with Crippen LogP contribution in [-0.4, -0.2) is 11.0 Å². The van der Waals surface area contributed by atoms with Crippen molar-refractivity contribution in [3.05, 3.63) is 39.4 Å². The van der Waals surface area contributed by atoms with Crippen molar-refractivity contribution in [2.45, 2.75) is 31.5 Å². The SMILES string of the molecule is NC(Cc1ccc([N+](=O)[O-])c(C(F)(F)F)c1)C1CC1. The van der Waals surface area contributed by atoms with Gasteiger partial charge in [0, 0.05) is 12.1 Å². The molecule has 1 fully saturated rings. The number of halogens is 3.